The van der Waals surface area contributed by atoms with Crippen molar-refractivity contribution in [2.45, 2.75) is 6.92 Å². The molecule has 0 aliphatic rings. The Morgan fingerprint density at radius 2 is 1.79 bits per heavy atom. The van der Waals surface area contributed by atoms with E-state index in [4.69, 9.17) is 4.42 Å². The van der Waals surface area contributed by atoms with Gasteiger partial charge in [0.25, 0.3) is 0 Å². The van der Waals surface area contributed by atoms with Gasteiger partial charge in [-0.1, -0.05) is 36.4 Å². The summed E-state index contributed by atoms with van der Waals surface area (Å²) in [5.41, 5.74) is 1.77. The van der Waals surface area contributed by atoms with Crippen molar-refractivity contribution in [2.24, 2.45) is 0 Å². The van der Waals surface area contributed by atoms with Crippen LogP contribution in [0.4, 0.5) is 0 Å². The average Bonchev–Trinajstić information content (AvgIpc) is 2.78. The third-order valence-corrected chi connectivity index (χ3v) is 3.17. The van der Waals surface area contributed by atoms with Gasteiger partial charge >= 0.3 is 0 Å². The van der Waals surface area contributed by atoms with Crippen LogP contribution in [-0.2, 0) is 0 Å². The normalized spacial score (nSPS) is 10.8. The van der Waals surface area contributed by atoms with Gasteiger partial charge in [-0.05, 0) is 19.1 Å². The largest absolute Gasteiger partial charge is 0.507 e. The maximum absolute atomic E-state index is 12.4. The first-order valence-electron chi connectivity index (χ1n) is 5.99. The lowest BCUT2D eigenvalue weighted by Gasteiger charge is -1.98. The van der Waals surface area contributed by atoms with E-state index in [1.165, 1.54) is 0 Å². The molecule has 0 bridgehead atoms. The first-order chi connectivity index (χ1) is 9.18. The van der Waals surface area contributed by atoms with Crippen molar-refractivity contribution < 1.29 is 14.3 Å². The number of aromatic hydroxyl groups is 1. The zero-order valence-electron chi connectivity index (χ0n) is 10.4. The fourth-order valence-corrected chi connectivity index (χ4v) is 2.22. The summed E-state index contributed by atoms with van der Waals surface area (Å²) in [4.78, 5) is 12.4. The molecular formula is C16H12O3. The molecule has 3 rings (SSSR count). The molecule has 0 amide bonds. The highest BCUT2D eigenvalue weighted by Gasteiger charge is 2.20. The minimum absolute atomic E-state index is 0.130. The van der Waals surface area contributed by atoms with Gasteiger partial charge in [-0.15, -0.1) is 0 Å². The maximum Gasteiger partial charge on any atom is 0.228 e. The van der Waals surface area contributed by atoms with Crippen LogP contribution in [0.2, 0.25) is 0 Å². The summed E-state index contributed by atoms with van der Waals surface area (Å²) in [6.45, 7) is 1.78. The third-order valence-electron chi connectivity index (χ3n) is 3.17. The summed E-state index contributed by atoms with van der Waals surface area (Å²) in [6.07, 6.45) is 0. The molecule has 3 aromatic rings. The van der Waals surface area contributed by atoms with Gasteiger partial charge < -0.3 is 9.52 Å². The van der Waals surface area contributed by atoms with Crippen LogP contribution < -0.4 is 0 Å². The van der Waals surface area contributed by atoms with E-state index in [0.29, 0.717) is 22.1 Å². The number of rotatable bonds is 2. The number of hydrogen-bond donors (Lipinski definition) is 1. The molecule has 0 saturated heterocycles. The monoisotopic (exact) mass is 252 g/mol. The molecule has 0 aliphatic heterocycles. The molecule has 0 aliphatic carbocycles. The predicted octanol–water partition coefficient (Wildman–Crippen LogP) is 3.68. The average molecular weight is 252 g/mol. The molecule has 0 saturated carbocycles. The van der Waals surface area contributed by atoms with E-state index in [1.54, 1.807) is 37.3 Å². The molecule has 1 N–H and O–H groups in total. The van der Waals surface area contributed by atoms with Gasteiger partial charge in [0.05, 0.1) is 5.39 Å². The van der Waals surface area contributed by atoms with Gasteiger partial charge in [0.15, 0.2) is 5.76 Å². The highest BCUT2D eigenvalue weighted by atomic mass is 16.3. The van der Waals surface area contributed by atoms with Gasteiger partial charge in [-0.25, -0.2) is 0 Å². The van der Waals surface area contributed by atoms with Gasteiger partial charge in [0.1, 0.15) is 11.3 Å². The predicted molar refractivity (Wildman–Crippen MR) is 72.5 cm³/mol. The van der Waals surface area contributed by atoms with Crippen molar-refractivity contribution in [3.63, 3.8) is 0 Å². The second-order valence-corrected chi connectivity index (χ2v) is 4.40. The molecule has 1 heterocycles. The lowest BCUT2D eigenvalue weighted by molar-refractivity contribution is 0.101. The van der Waals surface area contributed by atoms with Crippen molar-refractivity contribution in [3.05, 3.63) is 65.4 Å². The molecule has 19 heavy (non-hydrogen) atoms. The van der Waals surface area contributed by atoms with Crippen molar-refractivity contribution >= 4 is 16.8 Å². The molecule has 0 spiro atoms. The fourth-order valence-electron chi connectivity index (χ4n) is 2.22. The second kappa shape index (κ2) is 4.28. The van der Waals surface area contributed by atoms with Crippen LogP contribution in [0.1, 0.15) is 21.7 Å². The first kappa shape index (κ1) is 11.5. The topological polar surface area (TPSA) is 50.4 Å². The number of fused-ring (bicyclic) bond motifs is 1. The Labute approximate surface area is 110 Å². The number of hydrogen-bond acceptors (Lipinski definition) is 3. The van der Waals surface area contributed by atoms with Crippen molar-refractivity contribution in [2.75, 3.05) is 0 Å². The Morgan fingerprint density at radius 3 is 2.47 bits per heavy atom. The Kier molecular flexibility index (Phi) is 2.60. The summed E-state index contributed by atoms with van der Waals surface area (Å²) in [5.74, 6) is 0.238. The van der Waals surface area contributed by atoms with Crippen molar-refractivity contribution in [1.82, 2.24) is 0 Å². The number of phenols is 1. The van der Waals surface area contributed by atoms with Crippen LogP contribution in [0.3, 0.4) is 0 Å². The highest BCUT2D eigenvalue weighted by molar-refractivity contribution is 6.11. The zero-order valence-corrected chi connectivity index (χ0v) is 10.4. The second-order valence-electron chi connectivity index (χ2n) is 4.40. The van der Waals surface area contributed by atoms with E-state index in [9.17, 15) is 9.90 Å². The van der Waals surface area contributed by atoms with Crippen LogP contribution >= 0.6 is 0 Å². The van der Waals surface area contributed by atoms with E-state index in [-0.39, 0.29) is 17.3 Å². The molecular weight excluding hydrogens is 240 g/mol. The molecule has 1 aromatic heterocycles. The summed E-state index contributed by atoms with van der Waals surface area (Å²) < 4.78 is 5.59. The molecule has 0 unspecified atom stereocenters. The molecule has 94 valence electrons. The quantitative estimate of drug-likeness (QED) is 0.708. The number of phenolic OH excluding ortho intramolecular Hbond substituents is 1. The molecule has 3 heteroatoms. The van der Waals surface area contributed by atoms with Gasteiger partial charge in [-0.2, -0.15) is 0 Å². The smallest absolute Gasteiger partial charge is 0.228 e. The number of carbonyl (C=O) groups excluding carboxylic acids is 1. The van der Waals surface area contributed by atoms with E-state index in [0.717, 1.165) is 0 Å². The van der Waals surface area contributed by atoms with Crippen molar-refractivity contribution in [1.29, 1.82) is 0 Å². The molecule has 3 nitrogen and oxygen atoms in total. The molecule has 2 aromatic carbocycles. The Hall–Kier alpha value is -2.55. The van der Waals surface area contributed by atoms with Gasteiger partial charge in [0, 0.05) is 11.1 Å². The number of ketones is 1. The lowest BCUT2D eigenvalue weighted by Crippen LogP contribution is -2.00. The summed E-state index contributed by atoms with van der Waals surface area (Å²) in [6, 6.07) is 14.0. The van der Waals surface area contributed by atoms with Crippen LogP contribution in [0.15, 0.2) is 52.9 Å². The summed E-state index contributed by atoms with van der Waals surface area (Å²) in [7, 11) is 0. The first-order valence-corrected chi connectivity index (χ1v) is 5.99. The Morgan fingerprint density at radius 1 is 1.05 bits per heavy atom. The fraction of sp³-hybridized carbons (Fsp3) is 0.0625. The Balaban J connectivity index is 2.19. The van der Waals surface area contributed by atoms with E-state index < -0.39 is 0 Å². The number of aryl methyl sites for hydroxylation is 1. The third kappa shape index (κ3) is 1.80. The van der Waals surface area contributed by atoms with E-state index >= 15 is 0 Å². The molecule has 0 fully saturated rings. The number of benzene rings is 2. The van der Waals surface area contributed by atoms with Crippen LogP contribution in [0, 0.1) is 6.92 Å². The SMILES string of the molecule is Cc1c(C(=O)c2ccccc2)oc2cccc(O)c12. The molecule has 0 radical (unpaired) electrons. The minimum atomic E-state index is -0.172. The zero-order chi connectivity index (χ0) is 13.4. The summed E-state index contributed by atoms with van der Waals surface area (Å²) in [5, 5.41) is 10.4. The lowest BCUT2D eigenvalue weighted by atomic mass is 10.0. The highest BCUT2D eigenvalue weighted by Crippen LogP contribution is 2.33. The standard InChI is InChI=1S/C16H12O3/c1-10-14-12(17)8-5-9-13(14)19-16(10)15(18)11-6-3-2-4-7-11/h2-9,17H,1H3. The van der Waals surface area contributed by atoms with Crippen molar-refractivity contribution in [3.8, 4) is 5.75 Å². The van der Waals surface area contributed by atoms with E-state index in [2.05, 4.69) is 0 Å². The van der Waals surface area contributed by atoms with Crippen LogP contribution in [0.5, 0.6) is 5.75 Å². The van der Waals surface area contributed by atoms with Gasteiger partial charge in [0.2, 0.25) is 5.78 Å². The van der Waals surface area contributed by atoms with E-state index in [1.807, 2.05) is 18.2 Å². The Bertz CT molecular complexity index is 754. The summed E-state index contributed by atoms with van der Waals surface area (Å²) >= 11 is 0. The maximum atomic E-state index is 12.4. The van der Waals surface area contributed by atoms with Crippen LogP contribution in [-0.4, -0.2) is 10.9 Å². The number of furan rings is 1. The number of carbonyl (C=O) groups is 1. The van der Waals surface area contributed by atoms with Crippen LogP contribution in [0.25, 0.3) is 11.0 Å². The molecule has 0 atom stereocenters. The minimum Gasteiger partial charge on any atom is -0.507 e. The van der Waals surface area contributed by atoms with Gasteiger partial charge in [-0.3, -0.25) is 4.79 Å².